The number of halogens is 1. The molecule has 1 saturated heterocycles. The van der Waals surface area contributed by atoms with Crippen LogP contribution in [0.1, 0.15) is 37.8 Å². The Balaban J connectivity index is 0.00000392. The summed E-state index contributed by atoms with van der Waals surface area (Å²) >= 11 is 0. The number of carbonyl (C=O) groups is 1. The smallest absolute Gasteiger partial charge is 0.250 e. The largest absolute Gasteiger partial charge is 0.359 e. The molecule has 1 aliphatic rings. The van der Waals surface area contributed by atoms with Crippen molar-refractivity contribution in [1.82, 2.24) is 20.1 Å². The van der Waals surface area contributed by atoms with Gasteiger partial charge in [-0.15, -0.1) is 24.0 Å². The number of amides is 1. The van der Waals surface area contributed by atoms with Crippen molar-refractivity contribution >= 4 is 35.8 Å². The van der Waals surface area contributed by atoms with Crippen LogP contribution in [0.4, 0.5) is 0 Å². The minimum absolute atomic E-state index is 0. The molecule has 0 aromatic carbocycles. The van der Waals surface area contributed by atoms with E-state index in [1.165, 1.54) is 0 Å². The van der Waals surface area contributed by atoms with Gasteiger partial charge in [0.05, 0.1) is 0 Å². The third kappa shape index (κ3) is 7.44. The van der Waals surface area contributed by atoms with Gasteiger partial charge in [0.1, 0.15) is 0 Å². The van der Waals surface area contributed by atoms with Gasteiger partial charge < -0.3 is 20.1 Å². The van der Waals surface area contributed by atoms with Crippen molar-refractivity contribution in [3.05, 3.63) is 34.2 Å². The molecular formula is C20H34IN5O2. The van der Waals surface area contributed by atoms with Crippen LogP contribution < -0.4 is 16.2 Å². The van der Waals surface area contributed by atoms with Crippen molar-refractivity contribution in [1.29, 1.82) is 0 Å². The van der Waals surface area contributed by atoms with Crippen molar-refractivity contribution < 1.29 is 4.79 Å². The van der Waals surface area contributed by atoms with Gasteiger partial charge in [0.2, 0.25) is 5.91 Å². The Bertz CT molecular complexity index is 696. The highest BCUT2D eigenvalue weighted by Crippen LogP contribution is 2.20. The molecule has 8 heteroatoms. The van der Waals surface area contributed by atoms with Crippen LogP contribution in [0.25, 0.3) is 0 Å². The van der Waals surface area contributed by atoms with Crippen LogP contribution in [-0.4, -0.2) is 55.1 Å². The lowest BCUT2D eigenvalue weighted by atomic mass is 9.93. The van der Waals surface area contributed by atoms with Gasteiger partial charge in [-0.2, -0.15) is 0 Å². The molecule has 1 aromatic heterocycles. The Morgan fingerprint density at radius 2 is 1.96 bits per heavy atom. The van der Waals surface area contributed by atoms with Gasteiger partial charge in [0.25, 0.3) is 5.56 Å². The first kappa shape index (κ1) is 24.5. The van der Waals surface area contributed by atoms with Crippen molar-refractivity contribution in [3.63, 3.8) is 0 Å². The molecule has 1 aliphatic heterocycles. The summed E-state index contributed by atoms with van der Waals surface area (Å²) in [5.74, 6) is 1.52. The number of aromatic nitrogens is 1. The highest BCUT2D eigenvalue weighted by atomic mass is 127. The fraction of sp³-hybridized carbons (Fsp3) is 0.650. The van der Waals surface area contributed by atoms with Crippen molar-refractivity contribution in [2.45, 2.75) is 45.6 Å². The zero-order chi connectivity index (χ0) is 19.6. The summed E-state index contributed by atoms with van der Waals surface area (Å²) in [6.45, 7) is 5.41. The van der Waals surface area contributed by atoms with E-state index in [-0.39, 0.29) is 35.4 Å². The molecule has 2 heterocycles. The maximum absolute atomic E-state index is 11.9. The number of rotatable bonds is 7. The molecule has 2 N–H and O–H groups in total. The summed E-state index contributed by atoms with van der Waals surface area (Å²) in [5, 5.41) is 6.14. The van der Waals surface area contributed by atoms with Crippen LogP contribution >= 0.6 is 24.0 Å². The summed E-state index contributed by atoms with van der Waals surface area (Å²) in [7, 11) is 3.50. The van der Waals surface area contributed by atoms with Crippen LogP contribution in [0.15, 0.2) is 28.0 Å². The maximum Gasteiger partial charge on any atom is 0.250 e. The number of nitrogens with zero attached hydrogens (tertiary/aromatic N) is 3. The summed E-state index contributed by atoms with van der Waals surface area (Å²) in [6.07, 6.45) is 4.58. The molecule has 2 rings (SSSR count). The number of unbranched alkanes of at least 4 members (excludes halogenated alkanes) is 1. The first-order valence-corrected chi connectivity index (χ1v) is 9.87. The van der Waals surface area contributed by atoms with Gasteiger partial charge in [-0.05, 0) is 44.6 Å². The van der Waals surface area contributed by atoms with Gasteiger partial charge in [-0.25, -0.2) is 0 Å². The number of aliphatic imine (C=N–C) groups is 1. The molecule has 0 bridgehead atoms. The number of hydrogen-bond acceptors (Lipinski definition) is 3. The average molecular weight is 503 g/mol. The first-order valence-electron chi connectivity index (χ1n) is 9.87. The molecule has 0 aliphatic carbocycles. The predicted octanol–water partition coefficient (Wildman–Crippen LogP) is 1.98. The van der Waals surface area contributed by atoms with E-state index < -0.39 is 0 Å². The van der Waals surface area contributed by atoms with E-state index in [0.717, 1.165) is 63.5 Å². The number of guanidine groups is 1. The van der Waals surface area contributed by atoms with Crippen LogP contribution in [0.5, 0.6) is 0 Å². The summed E-state index contributed by atoms with van der Waals surface area (Å²) < 4.78 is 1.83. The fourth-order valence-corrected chi connectivity index (χ4v) is 3.55. The number of aryl methyl sites for hydroxylation is 1. The van der Waals surface area contributed by atoms with E-state index in [2.05, 4.69) is 20.5 Å². The maximum atomic E-state index is 11.9. The Labute approximate surface area is 185 Å². The highest BCUT2D eigenvalue weighted by Gasteiger charge is 2.22. The molecule has 0 saturated carbocycles. The second kappa shape index (κ2) is 12.8. The van der Waals surface area contributed by atoms with Gasteiger partial charge >= 0.3 is 0 Å². The average Bonchev–Trinajstić information content (AvgIpc) is 2.67. The quantitative estimate of drug-likeness (QED) is 0.258. The second-order valence-corrected chi connectivity index (χ2v) is 7.15. The number of likely N-dealkylation sites (tertiary alicyclic amines) is 1. The van der Waals surface area contributed by atoms with Crippen LogP contribution in [0, 0.1) is 12.8 Å². The Morgan fingerprint density at radius 1 is 1.25 bits per heavy atom. The molecule has 1 amide bonds. The molecule has 7 nitrogen and oxygen atoms in total. The molecule has 0 radical (unpaired) electrons. The minimum atomic E-state index is 0. The normalized spacial score (nSPS) is 15.1. The zero-order valence-electron chi connectivity index (χ0n) is 17.2. The summed E-state index contributed by atoms with van der Waals surface area (Å²) in [4.78, 5) is 30.1. The minimum Gasteiger partial charge on any atom is -0.359 e. The number of pyridine rings is 1. The van der Waals surface area contributed by atoms with E-state index >= 15 is 0 Å². The van der Waals surface area contributed by atoms with Gasteiger partial charge in [0, 0.05) is 58.5 Å². The number of carbonyl (C=O) groups excluding carboxylic acids is 1. The van der Waals surface area contributed by atoms with Crippen LogP contribution in [-0.2, 0) is 11.3 Å². The SMILES string of the molecule is CN=C(NCCCCn1c(C)cccc1=O)N1CCC(CC(=O)NC)CC1.I. The lowest BCUT2D eigenvalue weighted by Gasteiger charge is -2.34. The molecule has 158 valence electrons. The summed E-state index contributed by atoms with van der Waals surface area (Å²) in [6, 6.07) is 5.38. The first-order chi connectivity index (χ1) is 13.0. The molecule has 0 atom stereocenters. The van der Waals surface area contributed by atoms with E-state index in [9.17, 15) is 9.59 Å². The third-order valence-corrected chi connectivity index (χ3v) is 5.24. The van der Waals surface area contributed by atoms with E-state index in [0.29, 0.717) is 12.3 Å². The molecule has 1 aromatic rings. The molecule has 0 spiro atoms. The van der Waals surface area contributed by atoms with Gasteiger partial charge in [0.15, 0.2) is 5.96 Å². The Morgan fingerprint density at radius 3 is 2.57 bits per heavy atom. The lowest BCUT2D eigenvalue weighted by molar-refractivity contribution is -0.121. The van der Waals surface area contributed by atoms with Crippen LogP contribution in [0.3, 0.4) is 0 Å². The molecule has 28 heavy (non-hydrogen) atoms. The topological polar surface area (TPSA) is 78.7 Å². The third-order valence-electron chi connectivity index (χ3n) is 5.24. The highest BCUT2D eigenvalue weighted by molar-refractivity contribution is 14.0. The van der Waals surface area contributed by atoms with Crippen molar-refractivity contribution in [2.24, 2.45) is 10.9 Å². The zero-order valence-corrected chi connectivity index (χ0v) is 19.6. The number of hydrogen-bond donors (Lipinski definition) is 2. The van der Waals surface area contributed by atoms with Gasteiger partial charge in [-0.1, -0.05) is 6.07 Å². The fourth-order valence-electron chi connectivity index (χ4n) is 3.55. The van der Waals surface area contributed by atoms with Crippen molar-refractivity contribution in [3.8, 4) is 0 Å². The van der Waals surface area contributed by atoms with E-state index in [1.807, 2.05) is 24.6 Å². The van der Waals surface area contributed by atoms with Gasteiger partial charge in [-0.3, -0.25) is 14.6 Å². The standard InChI is InChI=1S/C20H33N5O2.HI/c1-16-7-6-8-19(27)25(16)12-5-4-11-23-20(22-3)24-13-9-17(10-14-24)15-18(26)21-2;/h6-8,17H,4-5,9-15H2,1-3H3,(H,21,26)(H,22,23);1H. The van der Waals surface area contributed by atoms with E-state index in [1.54, 1.807) is 19.2 Å². The lowest BCUT2D eigenvalue weighted by Crippen LogP contribution is -2.46. The predicted molar refractivity (Wildman–Crippen MR) is 124 cm³/mol. The Hall–Kier alpha value is -1.58. The van der Waals surface area contributed by atoms with Crippen molar-refractivity contribution in [2.75, 3.05) is 33.7 Å². The van der Waals surface area contributed by atoms with E-state index in [4.69, 9.17) is 0 Å². The second-order valence-electron chi connectivity index (χ2n) is 7.15. The Kier molecular flexibility index (Phi) is 11.2. The molecule has 0 unspecified atom stereocenters. The molecule has 1 fully saturated rings. The number of piperidine rings is 1. The summed E-state index contributed by atoms with van der Waals surface area (Å²) in [5.41, 5.74) is 1.07. The molecular weight excluding hydrogens is 469 g/mol. The van der Waals surface area contributed by atoms with Crippen LogP contribution in [0.2, 0.25) is 0 Å². The monoisotopic (exact) mass is 503 g/mol. The number of nitrogens with one attached hydrogen (secondary N) is 2.